The van der Waals surface area contributed by atoms with E-state index in [2.05, 4.69) is 41.8 Å². The number of nitrogens with zero attached hydrogens (tertiary/aromatic N) is 1. The van der Waals surface area contributed by atoms with Gasteiger partial charge in [0.05, 0.1) is 17.1 Å². The van der Waals surface area contributed by atoms with E-state index in [-0.39, 0.29) is 0 Å². The number of methoxy groups -OCH3 is 1. The molecule has 0 saturated heterocycles. The maximum Gasteiger partial charge on any atom is 0.144 e. The predicted molar refractivity (Wildman–Crippen MR) is 66.0 cm³/mol. The predicted octanol–water partition coefficient (Wildman–Crippen LogP) is 3.61. The van der Waals surface area contributed by atoms with E-state index in [1.54, 1.807) is 19.5 Å². The molecule has 15 heavy (non-hydrogen) atoms. The van der Waals surface area contributed by atoms with Gasteiger partial charge < -0.3 is 9.72 Å². The molecule has 1 aromatic carbocycles. The van der Waals surface area contributed by atoms with E-state index in [0.717, 1.165) is 26.1 Å². The number of halogens is 2. The van der Waals surface area contributed by atoms with Crippen molar-refractivity contribution in [3.8, 4) is 17.1 Å². The molecule has 0 saturated carbocycles. The number of aromatic amines is 1. The molecule has 3 nitrogen and oxygen atoms in total. The molecule has 0 radical (unpaired) electrons. The van der Waals surface area contributed by atoms with Crippen molar-refractivity contribution in [1.29, 1.82) is 0 Å². The van der Waals surface area contributed by atoms with E-state index in [4.69, 9.17) is 4.74 Å². The van der Waals surface area contributed by atoms with Crippen LogP contribution in [0.4, 0.5) is 0 Å². The number of nitrogens with one attached hydrogen (secondary N) is 1. The van der Waals surface area contributed by atoms with Gasteiger partial charge >= 0.3 is 0 Å². The minimum atomic E-state index is 0.771. The highest BCUT2D eigenvalue weighted by atomic mass is 79.9. The topological polar surface area (TPSA) is 37.9 Å². The summed E-state index contributed by atoms with van der Waals surface area (Å²) >= 11 is 6.88. The van der Waals surface area contributed by atoms with Crippen LogP contribution in [0.3, 0.4) is 0 Å². The Morgan fingerprint density at radius 1 is 1.33 bits per heavy atom. The molecular weight excluding hydrogens is 324 g/mol. The van der Waals surface area contributed by atoms with Crippen molar-refractivity contribution in [2.24, 2.45) is 0 Å². The van der Waals surface area contributed by atoms with Crippen molar-refractivity contribution in [3.05, 3.63) is 33.5 Å². The zero-order chi connectivity index (χ0) is 10.8. The lowest BCUT2D eigenvalue weighted by molar-refractivity contribution is 0.413. The average molecular weight is 332 g/mol. The molecule has 1 heterocycles. The third-order valence-corrected chi connectivity index (χ3v) is 3.01. The number of rotatable bonds is 2. The lowest BCUT2D eigenvalue weighted by Crippen LogP contribution is -1.91. The molecule has 0 fully saturated rings. The fourth-order valence-electron chi connectivity index (χ4n) is 1.36. The normalized spacial score (nSPS) is 10.3. The quantitative estimate of drug-likeness (QED) is 0.912. The smallest absolute Gasteiger partial charge is 0.144 e. The Morgan fingerprint density at radius 2 is 2.13 bits per heavy atom. The Labute approximate surface area is 104 Å². The Kier molecular flexibility index (Phi) is 3.11. The van der Waals surface area contributed by atoms with Crippen LogP contribution in [-0.4, -0.2) is 17.1 Å². The molecule has 2 rings (SSSR count). The van der Waals surface area contributed by atoms with Gasteiger partial charge in [-0.25, -0.2) is 4.98 Å². The molecule has 0 unspecified atom stereocenters. The fourth-order valence-corrected chi connectivity index (χ4v) is 2.74. The van der Waals surface area contributed by atoms with Crippen LogP contribution in [0.5, 0.6) is 5.75 Å². The number of benzene rings is 1. The summed E-state index contributed by atoms with van der Waals surface area (Å²) in [5.41, 5.74) is 0.920. The van der Waals surface area contributed by atoms with Gasteiger partial charge in [0.25, 0.3) is 0 Å². The van der Waals surface area contributed by atoms with Gasteiger partial charge in [-0.15, -0.1) is 0 Å². The second-order valence-corrected chi connectivity index (χ2v) is 4.68. The number of hydrogen-bond donors (Lipinski definition) is 1. The first-order valence-corrected chi connectivity index (χ1v) is 5.83. The van der Waals surface area contributed by atoms with Crippen molar-refractivity contribution in [3.63, 3.8) is 0 Å². The first kappa shape index (κ1) is 10.7. The lowest BCUT2D eigenvalue weighted by Gasteiger charge is -2.09. The van der Waals surface area contributed by atoms with Crippen molar-refractivity contribution >= 4 is 31.9 Å². The van der Waals surface area contributed by atoms with E-state index in [1.807, 2.05) is 12.1 Å². The summed E-state index contributed by atoms with van der Waals surface area (Å²) in [6.45, 7) is 0. The van der Waals surface area contributed by atoms with Gasteiger partial charge in [0.15, 0.2) is 0 Å². The Balaban J connectivity index is 2.64. The van der Waals surface area contributed by atoms with Crippen LogP contribution >= 0.6 is 31.9 Å². The van der Waals surface area contributed by atoms with E-state index >= 15 is 0 Å². The van der Waals surface area contributed by atoms with E-state index in [9.17, 15) is 0 Å². The van der Waals surface area contributed by atoms with Crippen LogP contribution in [-0.2, 0) is 0 Å². The average Bonchev–Trinajstić information content (AvgIpc) is 2.69. The molecule has 2 aromatic rings. The molecule has 0 spiro atoms. The number of H-pyrrole nitrogens is 1. The van der Waals surface area contributed by atoms with Crippen molar-refractivity contribution in [2.45, 2.75) is 0 Å². The van der Waals surface area contributed by atoms with Crippen LogP contribution in [0.25, 0.3) is 11.4 Å². The zero-order valence-corrected chi connectivity index (χ0v) is 11.1. The maximum absolute atomic E-state index is 5.33. The van der Waals surface area contributed by atoms with Gasteiger partial charge in [-0.1, -0.05) is 15.9 Å². The third-order valence-electron chi connectivity index (χ3n) is 1.97. The highest BCUT2D eigenvalue weighted by molar-refractivity contribution is 9.11. The SMILES string of the molecule is COc1c(Br)cc(Br)cc1-c1ncc[nH]1. The van der Waals surface area contributed by atoms with Crippen molar-refractivity contribution in [1.82, 2.24) is 9.97 Å². The van der Waals surface area contributed by atoms with Crippen LogP contribution in [0.2, 0.25) is 0 Å². The van der Waals surface area contributed by atoms with Gasteiger partial charge in [0.1, 0.15) is 11.6 Å². The number of imidazole rings is 1. The molecule has 0 atom stereocenters. The van der Waals surface area contributed by atoms with Crippen LogP contribution in [0.1, 0.15) is 0 Å². The molecule has 0 aliphatic heterocycles. The molecule has 0 amide bonds. The molecule has 78 valence electrons. The van der Waals surface area contributed by atoms with Gasteiger partial charge in [-0.05, 0) is 28.1 Å². The van der Waals surface area contributed by atoms with Gasteiger partial charge in [0.2, 0.25) is 0 Å². The van der Waals surface area contributed by atoms with E-state index in [1.165, 1.54) is 0 Å². The van der Waals surface area contributed by atoms with E-state index in [0.29, 0.717) is 0 Å². The monoisotopic (exact) mass is 330 g/mol. The summed E-state index contributed by atoms with van der Waals surface area (Å²) < 4.78 is 7.20. The highest BCUT2D eigenvalue weighted by Crippen LogP contribution is 2.37. The second-order valence-electron chi connectivity index (χ2n) is 2.91. The summed E-state index contributed by atoms with van der Waals surface area (Å²) in [5, 5.41) is 0. The first-order valence-electron chi connectivity index (χ1n) is 4.25. The summed E-state index contributed by atoms with van der Waals surface area (Å²) in [6, 6.07) is 3.90. The Bertz CT molecular complexity index is 469. The minimum absolute atomic E-state index is 0.771. The summed E-state index contributed by atoms with van der Waals surface area (Å²) in [7, 11) is 1.64. The fraction of sp³-hybridized carbons (Fsp3) is 0.100. The lowest BCUT2D eigenvalue weighted by atomic mass is 10.2. The summed E-state index contributed by atoms with van der Waals surface area (Å²) in [6.07, 6.45) is 3.49. The minimum Gasteiger partial charge on any atom is -0.495 e. The number of ether oxygens (including phenoxy) is 1. The molecule has 0 aliphatic carbocycles. The number of aromatic nitrogens is 2. The Morgan fingerprint density at radius 3 is 2.73 bits per heavy atom. The largest absolute Gasteiger partial charge is 0.495 e. The molecule has 1 aromatic heterocycles. The standard InChI is InChI=1S/C10H8Br2N2O/c1-15-9-7(10-13-2-3-14-10)4-6(11)5-8(9)12/h2-5H,1H3,(H,13,14). The molecular formula is C10H8Br2N2O. The van der Waals surface area contributed by atoms with Crippen molar-refractivity contribution < 1.29 is 4.74 Å². The summed E-state index contributed by atoms with van der Waals surface area (Å²) in [5.74, 6) is 1.56. The van der Waals surface area contributed by atoms with Crippen LogP contribution in [0.15, 0.2) is 33.5 Å². The molecule has 0 aliphatic rings. The van der Waals surface area contributed by atoms with Crippen LogP contribution in [0, 0.1) is 0 Å². The first-order chi connectivity index (χ1) is 7.22. The number of hydrogen-bond acceptors (Lipinski definition) is 2. The van der Waals surface area contributed by atoms with E-state index < -0.39 is 0 Å². The highest BCUT2D eigenvalue weighted by Gasteiger charge is 2.12. The van der Waals surface area contributed by atoms with Crippen LogP contribution < -0.4 is 4.74 Å². The van der Waals surface area contributed by atoms with Gasteiger partial charge in [-0.2, -0.15) is 0 Å². The molecule has 1 N–H and O–H groups in total. The third kappa shape index (κ3) is 2.08. The maximum atomic E-state index is 5.33. The summed E-state index contributed by atoms with van der Waals surface area (Å²) in [4.78, 5) is 7.25. The Hall–Kier alpha value is -0.810. The van der Waals surface area contributed by atoms with Crippen molar-refractivity contribution in [2.75, 3.05) is 7.11 Å². The zero-order valence-electron chi connectivity index (χ0n) is 7.92. The molecule has 0 bridgehead atoms. The second kappa shape index (κ2) is 4.37. The molecule has 5 heteroatoms. The van der Waals surface area contributed by atoms with Gasteiger partial charge in [0, 0.05) is 16.9 Å². The van der Waals surface area contributed by atoms with Gasteiger partial charge in [-0.3, -0.25) is 0 Å².